The summed E-state index contributed by atoms with van der Waals surface area (Å²) in [4.78, 5) is 15.3. The van der Waals surface area contributed by atoms with Gasteiger partial charge in [-0.25, -0.2) is 15.0 Å². The van der Waals surface area contributed by atoms with E-state index in [9.17, 15) is 0 Å². The summed E-state index contributed by atoms with van der Waals surface area (Å²) >= 11 is 6.33. The van der Waals surface area contributed by atoms with Crippen molar-refractivity contribution in [1.29, 1.82) is 0 Å². The van der Waals surface area contributed by atoms with Crippen LogP contribution in [-0.2, 0) is 0 Å². The van der Waals surface area contributed by atoms with Gasteiger partial charge in [-0.15, -0.1) is 0 Å². The van der Waals surface area contributed by atoms with Crippen molar-refractivity contribution in [3.63, 3.8) is 0 Å². The molecule has 2 aromatic rings. The van der Waals surface area contributed by atoms with Crippen LogP contribution in [0.25, 0.3) is 0 Å². The fourth-order valence-electron chi connectivity index (χ4n) is 3.60. The fraction of sp³-hybridized carbons (Fsp3) is 0.625. The van der Waals surface area contributed by atoms with Crippen LogP contribution in [-0.4, -0.2) is 38.2 Å². The Morgan fingerprint density at radius 2 is 2.08 bits per heavy atom. The molecule has 3 heterocycles. The maximum absolute atomic E-state index is 6.33. The Bertz CT molecular complexity index is 740. The molecule has 2 aliphatic rings. The molecule has 2 fully saturated rings. The summed E-state index contributed by atoms with van der Waals surface area (Å²) in [6.45, 7) is 5.96. The van der Waals surface area contributed by atoms with Crippen LogP contribution in [0, 0.1) is 11.8 Å². The van der Waals surface area contributed by atoms with Gasteiger partial charge < -0.3 is 10.6 Å². The van der Waals surface area contributed by atoms with Crippen LogP contribution < -0.4 is 10.6 Å². The zero-order valence-corrected chi connectivity index (χ0v) is 14.7. The second-order valence-corrected chi connectivity index (χ2v) is 7.52. The van der Waals surface area contributed by atoms with Crippen molar-refractivity contribution in [2.75, 3.05) is 23.7 Å². The van der Waals surface area contributed by atoms with Gasteiger partial charge in [0.15, 0.2) is 11.6 Å². The molecule has 2 atom stereocenters. The average Bonchev–Trinajstić information content (AvgIpc) is 3.11. The Hall–Kier alpha value is -1.89. The minimum Gasteiger partial charge on any atom is -0.382 e. The van der Waals surface area contributed by atoms with Gasteiger partial charge in [-0.2, -0.15) is 5.10 Å². The van der Waals surface area contributed by atoms with E-state index in [0.717, 1.165) is 36.5 Å². The summed E-state index contributed by atoms with van der Waals surface area (Å²) in [7, 11) is 0. The highest BCUT2D eigenvalue weighted by Gasteiger charge is 2.45. The lowest BCUT2D eigenvalue weighted by atomic mass is 9.91. The first-order valence-electron chi connectivity index (χ1n) is 8.47. The summed E-state index contributed by atoms with van der Waals surface area (Å²) in [6.07, 6.45) is 4.06. The van der Waals surface area contributed by atoms with Crippen LogP contribution in [0.3, 0.4) is 0 Å². The van der Waals surface area contributed by atoms with E-state index in [4.69, 9.17) is 22.3 Å². The molecule has 1 saturated carbocycles. The van der Waals surface area contributed by atoms with Crippen molar-refractivity contribution in [3.8, 4) is 0 Å². The van der Waals surface area contributed by atoms with Gasteiger partial charge in [0.2, 0.25) is 0 Å². The lowest BCUT2D eigenvalue weighted by Gasteiger charge is -2.18. The van der Waals surface area contributed by atoms with Gasteiger partial charge in [0.25, 0.3) is 0 Å². The second-order valence-electron chi connectivity index (χ2n) is 7.14. The molecule has 4 rings (SSSR count). The zero-order chi connectivity index (χ0) is 16.8. The number of nitrogens with two attached hydrogens (primary N) is 1. The molecule has 0 unspecified atom stereocenters. The van der Waals surface area contributed by atoms with E-state index in [0.29, 0.717) is 28.6 Å². The molecule has 0 bridgehead atoms. The van der Waals surface area contributed by atoms with E-state index in [-0.39, 0.29) is 0 Å². The highest BCUT2D eigenvalue weighted by molar-refractivity contribution is 6.35. The molecular formula is C16H22ClN7. The molecular weight excluding hydrogens is 326 g/mol. The SMILES string of the molecule is CC(C)c1n[nH]c([C@H]2CN(c3ncnc(N)c3Cl)C[C@@H]2C2CC2)n1. The molecule has 0 aromatic carbocycles. The lowest BCUT2D eigenvalue weighted by Crippen LogP contribution is -2.22. The van der Waals surface area contributed by atoms with E-state index in [1.165, 1.54) is 19.2 Å². The van der Waals surface area contributed by atoms with Crippen LogP contribution in [0.5, 0.6) is 0 Å². The van der Waals surface area contributed by atoms with Crippen LogP contribution in [0.1, 0.15) is 50.2 Å². The third-order valence-corrected chi connectivity index (χ3v) is 5.44. The summed E-state index contributed by atoms with van der Waals surface area (Å²) < 4.78 is 0. The molecule has 1 saturated heterocycles. The Kier molecular flexibility index (Phi) is 3.83. The molecule has 7 nitrogen and oxygen atoms in total. The van der Waals surface area contributed by atoms with Crippen LogP contribution >= 0.6 is 11.6 Å². The van der Waals surface area contributed by atoms with Gasteiger partial charge in [0.1, 0.15) is 23.0 Å². The Morgan fingerprint density at radius 3 is 2.75 bits per heavy atom. The maximum Gasteiger partial charge on any atom is 0.153 e. The number of anilines is 2. The molecule has 1 aliphatic heterocycles. The van der Waals surface area contributed by atoms with Crippen molar-refractivity contribution < 1.29 is 0 Å². The van der Waals surface area contributed by atoms with Gasteiger partial charge >= 0.3 is 0 Å². The molecule has 3 N–H and O–H groups in total. The highest BCUT2D eigenvalue weighted by atomic mass is 35.5. The van der Waals surface area contributed by atoms with E-state index in [2.05, 4.69) is 38.9 Å². The van der Waals surface area contributed by atoms with Crippen molar-refractivity contribution in [1.82, 2.24) is 25.1 Å². The molecule has 0 spiro atoms. The number of nitrogens with one attached hydrogen (secondary N) is 1. The predicted molar refractivity (Wildman–Crippen MR) is 93.1 cm³/mol. The third kappa shape index (κ3) is 2.70. The largest absolute Gasteiger partial charge is 0.382 e. The number of halogens is 1. The number of nitrogen functional groups attached to an aromatic ring is 1. The van der Waals surface area contributed by atoms with E-state index in [1.54, 1.807) is 0 Å². The normalized spacial score (nSPS) is 24.1. The van der Waals surface area contributed by atoms with Gasteiger partial charge in [0, 0.05) is 24.9 Å². The smallest absolute Gasteiger partial charge is 0.153 e. The van der Waals surface area contributed by atoms with E-state index < -0.39 is 0 Å². The Morgan fingerprint density at radius 1 is 1.29 bits per heavy atom. The minimum absolute atomic E-state index is 0.322. The second kappa shape index (κ2) is 5.88. The molecule has 24 heavy (non-hydrogen) atoms. The summed E-state index contributed by atoms with van der Waals surface area (Å²) in [5, 5.41) is 7.98. The number of hydrogen-bond donors (Lipinski definition) is 2. The molecule has 0 radical (unpaired) electrons. The third-order valence-electron chi connectivity index (χ3n) is 5.08. The van der Waals surface area contributed by atoms with Gasteiger partial charge in [0.05, 0.1) is 0 Å². The number of nitrogens with zero attached hydrogens (tertiary/aromatic N) is 5. The van der Waals surface area contributed by atoms with Gasteiger partial charge in [-0.3, -0.25) is 5.10 Å². The first kappa shape index (κ1) is 15.6. The van der Waals surface area contributed by atoms with Crippen LogP contribution in [0.2, 0.25) is 5.02 Å². The molecule has 0 amide bonds. The predicted octanol–water partition coefficient (Wildman–Crippen LogP) is 2.58. The van der Waals surface area contributed by atoms with E-state index in [1.807, 2.05) is 0 Å². The first-order valence-corrected chi connectivity index (χ1v) is 8.85. The number of rotatable bonds is 4. The average molecular weight is 348 g/mol. The fourth-order valence-corrected chi connectivity index (χ4v) is 3.82. The maximum atomic E-state index is 6.33. The number of aromatic amines is 1. The van der Waals surface area contributed by atoms with Crippen molar-refractivity contribution in [2.45, 2.75) is 38.5 Å². The van der Waals surface area contributed by atoms with Crippen molar-refractivity contribution in [3.05, 3.63) is 23.0 Å². The molecule has 2 aromatic heterocycles. The van der Waals surface area contributed by atoms with Crippen molar-refractivity contribution in [2.24, 2.45) is 11.8 Å². The zero-order valence-electron chi connectivity index (χ0n) is 13.9. The number of H-pyrrole nitrogens is 1. The number of hydrogen-bond acceptors (Lipinski definition) is 6. The van der Waals surface area contributed by atoms with Crippen LogP contribution in [0.15, 0.2) is 6.33 Å². The monoisotopic (exact) mass is 347 g/mol. The van der Waals surface area contributed by atoms with Gasteiger partial charge in [-0.05, 0) is 24.7 Å². The van der Waals surface area contributed by atoms with Gasteiger partial charge in [-0.1, -0.05) is 25.4 Å². The molecule has 128 valence electrons. The summed E-state index contributed by atoms with van der Waals surface area (Å²) in [5.41, 5.74) is 5.84. The summed E-state index contributed by atoms with van der Waals surface area (Å²) in [6, 6.07) is 0. The topological polar surface area (TPSA) is 96.6 Å². The minimum atomic E-state index is 0.322. The first-order chi connectivity index (χ1) is 11.5. The molecule has 8 heteroatoms. The van der Waals surface area contributed by atoms with E-state index >= 15 is 0 Å². The van der Waals surface area contributed by atoms with Crippen molar-refractivity contribution >= 4 is 23.2 Å². The number of aromatic nitrogens is 5. The standard InChI is InChI=1S/C16H22ClN7/c1-8(2)14-21-15(23-22-14)11-6-24(5-10(11)9-3-4-9)16-12(17)13(18)19-7-20-16/h7-11H,3-6H2,1-2H3,(H2,18,19,20)(H,21,22,23)/t10-,11+/m1/s1. The summed E-state index contributed by atoms with van der Waals surface area (Å²) in [5.74, 6) is 4.86. The molecule has 1 aliphatic carbocycles. The lowest BCUT2D eigenvalue weighted by molar-refractivity contribution is 0.444. The quantitative estimate of drug-likeness (QED) is 0.882. The Balaban J connectivity index is 1.63. The highest BCUT2D eigenvalue weighted by Crippen LogP contribution is 2.48. The Labute approximate surface area is 146 Å². The van der Waals surface area contributed by atoms with Crippen LogP contribution in [0.4, 0.5) is 11.6 Å².